The number of carbonyl (C=O) groups is 1. The fourth-order valence-electron chi connectivity index (χ4n) is 1.32. The second kappa shape index (κ2) is 5.97. The highest BCUT2D eigenvalue weighted by atomic mass is 32.2. The number of aliphatic hydroxyl groups is 1. The van der Waals surface area contributed by atoms with Crippen LogP contribution in [0.2, 0.25) is 0 Å². The van der Waals surface area contributed by atoms with E-state index in [1.165, 1.54) is 11.8 Å². The van der Waals surface area contributed by atoms with Crippen LogP contribution in [0.15, 0.2) is 5.03 Å². The number of carboxylic acid groups (broad SMARTS) is 1. The lowest BCUT2D eigenvalue weighted by atomic mass is 10.2. The molecule has 1 unspecified atom stereocenters. The predicted molar refractivity (Wildman–Crippen MR) is 65.5 cm³/mol. The van der Waals surface area contributed by atoms with Gasteiger partial charge in [-0.2, -0.15) is 0 Å². The van der Waals surface area contributed by atoms with Crippen molar-refractivity contribution in [3.8, 4) is 0 Å². The van der Waals surface area contributed by atoms with Gasteiger partial charge in [0.2, 0.25) is 0 Å². The van der Waals surface area contributed by atoms with Crippen molar-refractivity contribution in [3.63, 3.8) is 0 Å². The molecule has 0 radical (unpaired) electrons. The lowest BCUT2D eigenvalue weighted by Crippen LogP contribution is -2.11. The highest BCUT2D eigenvalue weighted by Crippen LogP contribution is 2.23. The average Bonchev–Trinajstić information content (AvgIpc) is 2.24. The summed E-state index contributed by atoms with van der Waals surface area (Å²) < 4.78 is 0. The van der Waals surface area contributed by atoms with Gasteiger partial charge in [-0.25, -0.2) is 14.8 Å². The summed E-state index contributed by atoms with van der Waals surface area (Å²) in [6.45, 7) is 5.25. The highest BCUT2D eigenvalue weighted by Gasteiger charge is 2.18. The Morgan fingerprint density at radius 2 is 2.06 bits per heavy atom. The van der Waals surface area contributed by atoms with Crippen LogP contribution < -0.4 is 0 Å². The van der Waals surface area contributed by atoms with Crippen molar-refractivity contribution in [2.45, 2.75) is 38.3 Å². The summed E-state index contributed by atoms with van der Waals surface area (Å²) in [5, 5.41) is 19.0. The zero-order valence-corrected chi connectivity index (χ0v) is 10.9. The monoisotopic (exact) mass is 256 g/mol. The molecule has 0 bridgehead atoms. The molecule has 0 aliphatic carbocycles. The van der Waals surface area contributed by atoms with Crippen LogP contribution in [0.4, 0.5) is 0 Å². The fourth-order valence-corrected chi connectivity index (χ4v) is 2.49. The number of aliphatic hydroxyl groups excluding tert-OH is 1. The van der Waals surface area contributed by atoms with Crippen LogP contribution in [-0.2, 0) is 0 Å². The van der Waals surface area contributed by atoms with Crippen molar-refractivity contribution in [2.75, 3.05) is 5.75 Å². The van der Waals surface area contributed by atoms with Crippen molar-refractivity contribution in [3.05, 3.63) is 17.1 Å². The lowest BCUT2D eigenvalue weighted by molar-refractivity contribution is 0.0690. The predicted octanol–water partition coefficient (Wildman–Crippen LogP) is 1.65. The minimum absolute atomic E-state index is 0.129. The normalized spacial score (nSPS) is 12.5. The molecule has 0 aliphatic heterocycles. The van der Waals surface area contributed by atoms with Gasteiger partial charge >= 0.3 is 5.97 Å². The van der Waals surface area contributed by atoms with Crippen LogP contribution in [0, 0.1) is 13.8 Å². The first-order valence-electron chi connectivity index (χ1n) is 5.35. The second-order valence-electron chi connectivity index (χ2n) is 3.71. The molecule has 1 heterocycles. The topological polar surface area (TPSA) is 83.3 Å². The molecule has 1 rings (SSSR count). The Morgan fingerprint density at radius 1 is 1.41 bits per heavy atom. The van der Waals surface area contributed by atoms with Crippen LogP contribution in [0.25, 0.3) is 0 Å². The zero-order chi connectivity index (χ0) is 13.0. The Kier molecular flexibility index (Phi) is 4.89. The maximum absolute atomic E-state index is 11.1. The third kappa shape index (κ3) is 3.67. The summed E-state index contributed by atoms with van der Waals surface area (Å²) in [6, 6.07) is 0. The lowest BCUT2D eigenvalue weighted by Gasteiger charge is -2.10. The molecular formula is C11H16N2O3S. The van der Waals surface area contributed by atoms with Crippen molar-refractivity contribution >= 4 is 17.7 Å². The van der Waals surface area contributed by atoms with E-state index in [0.29, 0.717) is 28.7 Å². The number of aromatic nitrogens is 2. The Hall–Kier alpha value is -1.14. The molecule has 0 aromatic carbocycles. The van der Waals surface area contributed by atoms with Crippen LogP contribution in [-0.4, -0.2) is 38.0 Å². The third-order valence-electron chi connectivity index (χ3n) is 2.27. The van der Waals surface area contributed by atoms with Crippen LogP contribution >= 0.6 is 11.8 Å². The molecule has 6 heteroatoms. The van der Waals surface area contributed by atoms with Gasteiger partial charge in [-0.15, -0.1) is 11.8 Å². The summed E-state index contributed by atoms with van der Waals surface area (Å²) in [5.41, 5.74) is 0.586. The van der Waals surface area contributed by atoms with Crippen LogP contribution in [0.3, 0.4) is 0 Å². The maximum Gasteiger partial charge on any atom is 0.340 e. The third-order valence-corrected chi connectivity index (χ3v) is 3.39. The minimum atomic E-state index is -1.03. The van der Waals surface area contributed by atoms with Gasteiger partial charge in [0.05, 0.1) is 11.8 Å². The number of aromatic carboxylic acids is 1. The van der Waals surface area contributed by atoms with E-state index >= 15 is 0 Å². The van der Waals surface area contributed by atoms with Gasteiger partial charge in [0.1, 0.15) is 16.4 Å². The number of rotatable bonds is 5. The SMILES string of the molecule is CCC(O)CSc1nc(C)nc(C)c1C(=O)O. The number of nitrogens with zero attached hydrogens (tertiary/aromatic N) is 2. The van der Waals surface area contributed by atoms with Gasteiger partial charge in [-0.3, -0.25) is 0 Å². The van der Waals surface area contributed by atoms with E-state index in [9.17, 15) is 9.90 Å². The molecule has 0 amide bonds. The quantitative estimate of drug-likeness (QED) is 0.615. The van der Waals surface area contributed by atoms with E-state index in [-0.39, 0.29) is 5.56 Å². The van der Waals surface area contributed by atoms with Gasteiger partial charge in [-0.1, -0.05) is 6.92 Å². The molecule has 0 saturated carbocycles. The van der Waals surface area contributed by atoms with Gasteiger partial charge in [0, 0.05) is 5.75 Å². The van der Waals surface area contributed by atoms with Gasteiger partial charge in [0.15, 0.2) is 0 Å². The van der Waals surface area contributed by atoms with Crippen LogP contribution in [0.1, 0.15) is 35.2 Å². The van der Waals surface area contributed by atoms with Gasteiger partial charge < -0.3 is 10.2 Å². The Bertz CT molecular complexity index is 423. The molecule has 5 nitrogen and oxygen atoms in total. The summed E-state index contributed by atoms with van der Waals surface area (Å²) in [7, 11) is 0. The molecule has 0 aliphatic rings. The molecule has 1 atom stereocenters. The highest BCUT2D eigenvalue weighted by molar-refractivity contribution is 7.99. The number of aryl methyl sites for hydroxylation is 2. The summed E-state index contributed by atoms with van der Waals surface area (Å²) >= 11 is 1.25. The van der Waals surface area contributed by atoms with E-state index in [1.54, 1.807) is 13.8 Å². The summed E-state index contributed by atoms with van der Waals surface area (Å²) in [4.78, 5) is 19.3. The Labute approximate surface area is 104 Å². The molecule has 94 valence electrons. The Balaban J connectivity index is 3.00. The molecule has 1 aromatic heterocycles. The molecule has 17 heavy (non-hydrogen) atoms. The van der Waals surface area contributed by atoms with Crippen molar-refractivity contribution in [1.82, 2.24) is 9.97 Å². The smallest absolute Gasteiger partial charge is 0.340 e. The second-order valence-corrected chi connectivity index (χ2v) is 4.72. The molecule has 0 saturated heterocycles. The first kappa shape index (κ1) is 13.9. The molecule has 0 spiro atoms. The van der Waals surface area contributed by atoms with Gasteiger partial charge in [0.25, 0.3) is 0 Å². The number of hydrogen-bond acceptors (Lipinski definition) is 5. The first-order chi connectivity index (χ1) is 7.95. The maximum atomic E-state index is 11.1. The fraction of sp³-hybridized carbons (Fsp3) is 0.545. The summed E-state index contributed by atoms with van der Waals surface area (Å²) in [5.74, 6) is -0.0517. The first-order valence-corrected chi connectivity index (χ1v) is 6.33. The van der Waals surface area contributed by atoms with E-state index in [2.05, 4.69) is 9.97 Å². The minimum Gasteiger partial charge on any atom is -0.478 e. The molecule has 1 aromatic rings. The Morgan fingerprint density at radius 3 is 2.59 bits per heavy atom. The zero-order valence-electron chi connectivity index (χ0n) is 10.1. The van der Waals surface area contributed by atoms with Crippen molar-refractivity contribution < 1.29 is 15.0 Å². The van der Waals surface area contributed by atoms with Gasteiger partial charge in [-0.05, 0) is 20.3 Å². The number of thioether (sulfide) groups is 1. The van der Waals surface area contributed by atoms with Crippen molar-refractivity contribution in [1.29, 1.82) is 0 Å². The largest absolute Gasteiger partial charge is 0.478 e. The average molecular weight is 256 g/mol. The molecule has 2 N–H and O–H groups in total. The van der Waals surface area contributed by atoms with E-state index in [1.807, 2.05) is 6.92 Å². The van der Waals surface area contributed by atoms with Crippen molar-refractivity contribution in [2.24, 2.45) is 0 Å². The number of carboxylic acids is 1. The molecular weight excluding hydrogens is 240 g/mol. The molecule has 0 fully saturated rings. The van der Waals surface area contributed by atoms with E-state index < -0.39 is 12.1 Å². The van der Waals surface area contributed by atoms with E-state index in [0.717, 1.165) is 0 Å². The number of hydrogen-bond donors (Lipinski definition) is 2. The summed E-state index contributed by atoms with van der Waals surface area (Å²) in [6.07, 6.45) is 0.190. The van der Waals surface area contributed by atoms with Crippen LogP contribution in [0.5, 0.6) is 0 Å². The van der Waals surface area contributed by atoms with E-state index in [4.69, 9.17) is 5.11 Å². The standard InChI is InChI=1S/C11H16N2O3S/c1-4-8(14)5-17-10-9(11(15)16)6(2)12-7(3)13-10/h8,14H,4-5H2,1-3H3,(H,15,16).